The number of nitrogens with zero attached hydrogens (tertiary/aromatic N) is 2. The van der Waals surface area contributed by atoms with E-state index in [1.807, 2.05) is 19.1 Å². The van der Waals surface area contributed by atoms with E-state index in [0.29, 0.717) is 5.69 Å². The highest BCUT2D eigenvalue weighted by Crippen LogP contribution is 2.40. The maximum atomic E-state index is 13.4. The van der Waals surface area contributed by atoms with Crippen molar-refractivity contribution in [3.05, 3.63) is 69.2 Å². The van der Waals surface area contributed by atoms with Crippen LogP contribution in [0, 0.1) is 6.92 Å². The summed E-state index contributed by atoms with van der Waals surface area (Å²) in [5.74, 6) is -0.931. The number of nitrogens with one attached hydrogen (secondary N) is 1. The lowest BCUT2D eigenvalue weighted by Crippen LogP contribution is -2.54. The third-order valence-corrected chi connectivity index (χ3v) is 6.93. The van der Waals surface area contributed by atoms with Crippen LogP contribution in [0.4, 0.5) is 11.4 Å². The molecule has 2 aromatic carbocycles. The van der Waals surface area contributed by atoms with Gasteiger partial charge in [-0.2, -0.15) is 0 Å². The number of benzene rings is 2. The van der Waals surface area contributed by atoms with Crippen molar-refractivity contribution < 1.29 is 9.59 Å². The van der Waals surface area contributed by atoms with E-state index in [9.17, 15) is 9.59 Å². The molecule has 1 N–H and O–H groups in total. The Balaban J connectivity index is 1.80. The van der Waals surface area contributed by atoms with Gasteiger partial charge in [-0.1, -0.05) is 28.1 Å². The lowest BCUT2D eigenvalue weighted by Gasteiger charge is -2.43. The Labute approximate surface area is 208 Å². The van der Waals surface area contributed by atoms with Crippen LogP contribution < -0.4 is 15.1 Å². The van der Waals surface area contributed by atoms with E-state index in [2.05, 4.69) is 72.1 Å². The Bertz CT molecular complexity index is 1260. The van der Waals surface area contributed by atoms with Gasteiger partial charge in [0, 0.05) is 22.3 Å². The number of amides is 2. The third-order valence-electron chi connectivity index (χ3n) is 6.15. The highest BCUT2D eigenvalue weighted by atomic mass is 79.9. The monoisotopic (exact) mass is 523 g/mol. The predicted molar refractivity (Wildman–Crippen MR) is 142 cm³/mol. The molecule has 5 nitrogen and oxygen atoms in total. The van der Waals surface area contributed by atoms with Gasteiger partial charge in [0.2, 0.25) is 0 Å². The van der Waals surface area contributed by atoms with Gasteiger partial charge in [0.25, 0.3) is 11.8 Å². The Morgan fingerprint density at radius 1 is 1.15 bits per heavy atom. The minimum absolute atomic E-state index is 0.0525. The van der Waals surface area contributed by atoms with Gasteiger partial charge < -0.3 is 4.90 Å². The van der Waals surface area contributed by atoms with Crippen molar-refractivity contribution in [3.63, 3.8) is 0 Å². The smallest absolute Gasteiger partial charge is 0.270 e. The van der Waals surface area contributed by atoms with Gasteiger partial charge in [-0.15, -0.1) is 0 Å². The van der Waals surface area contributed by atoms with Crippen LogP contribution in [0.1, 0.15) is 44.4 Å². The topological polar surface area (TPSA) is 52.7 Å². The molecule has 33 heavy (non-hydrogen) atoms. The predicted octanol–water partition coefficient (Wildman–Crippen LogP) is 5.61. The zero-order chi connectivity index (χ0) is 24.1. The fraction of sp³-hybridized carbons (Fsp3) is 0.269. The first-order valence-corrected chi connectivity index (χ1v) is 12.0. The molecule has 0 atom stereocenters. The second-order valence-corrected chi connectivity index (χ2v) is 10.2. The molecule has 7 heteroatoms. The summed E-state index contributed by atoms with van der Waals surface area (Å²) in [5, 5.41) is 2.73. The Morgan fingerprint density at radius 3 is 2.55 bits per heavy atom. The van der Waals surface area contributed by atoms with Gasteiger partial charge in [0.1, 0.15) is 5.57 Å². The highest BCUT2D eigenvalue weighted by molar-refractivity contribution is 9.10. The number of halogens is 1. The normalized spacial score (nSPS) is 18.9. The number of likely N-dealkylation sites (N-methyl/N-ethyl adjacent to an activating group) is 1. The van der Waals surface area contributed by atoms with E-state index >= 15 is 0 Å². The molecular weight excluding hydrogens is 498 g/mol. The highest BCUT2D eigenvalue weighted by Gasteiger charge is 2.35. The lowest BCUT2D eigenvalue weighted by atomic mass is 9.86. The van der Waals surface area contributed by atoms with Crippen LogP contribution in [0.15, 0.2) is 52.5 Å². The largest absolute Gasteiger partial charge is 0.363 e. The van der Waals surface area contributed by atoms with Crippen molar-refractivity contribution in [2.75, 3.05) is 16.3 Å². The van der Waals surface area contributed by atoms with E-state index in [1.165, 1.54) is 16.2 Å². The fourth-order valence-electron chi connectivity index (χ4n) is 4.64. The van der Waals surface area contributed by atoms with Gasteiger partial charge in [-0.3, -0.25) is 19.8 Å². The first-order valence-electron chi connectivity index (χ1n) is 10.8. The summed E-state index contributed by atoms with van der Waals surface area (Å²) >= 11 is 8.74. The summed E-state index contributed by atoms with van der Waals surface area (Å²) < 4.78 is 0.814. The van der Waals surface area contributed by atoms with Crippen molar-refractivity contribution in [2.24, 2.45) is 0 Å². The summed E-state index contributed by atoms with van der Waals surface area (Å²) in [6.45, 7) is 11.5. The van der Waals surface area contributed by atoms with Gasteiger partial charge in [0.15, 0.2) is 5.11 Å². The number of rotatable bonds is 3. The van der Waals surface area contributed by atoms with Gasteiger partial charge in [-0.05, 0) is 99.9 Å². The average Bonchev–Trinajstić information content (AvgIpc) is 2.71. The first-order chi connectivity index (χ1) is 15.5. The van der Waals surface area contributed by atoms with Crippen LogP contribution in [0.3, 0.4) is 0 Å². The molecule has 2 heterocycles. The molecule has 0 unspecified atom stereocenters. The van der Waals surface area contributed by atoms with Crippen LogP contribution in [-0.4, -0.2) is 29.0 Å². The number of carbonyl (C=O) groups is 2. The summed E-state index contributed by atoms with van der Waals surface area (Å²) in [4.78, 5) is 29.9. The molecular formula is C26H26BrN3O2S. The number of fused-ring (bicyclic) bond motifs is 1. The summed E-state index contributed by atoms with van der Waals surface area (Å²) in [6, 6.07) is 11.5. The number of anilines is 2. The molecule has 4 rings (SSSR count). The van der Waals surface area contributed by atoms with Crippen molar-refractivity contribution in [2.45, 2.75) is 40.2 Å². The molecule has 0 aromatic heterocycles. The molecule has 0 radical (unpaired) electrons. The number of carbonyl (C=O) groups excluding carboxylic acids is 2. The molecule has 2 aromatic rings. The molecule has 1 fully saturated rings. The molecule has 1 saturated heterocycles. The molecule has 2 aliphatic rings. The van der Waals surface area contributed by atoms with Crippen molar-refractivity contribution in [1.29, 1.82) is 0 Å². The number of thiocarbonyl (C=S) groups is 1. The Kier molecular flexibility index (Phi) is 6.05. The molecule has 0 saturated carbocycles. The van der Waals surface area contributed by atoms with E-state index in [4.69, 9.17) is 12.2 Å². The summed E-state index contributed by atoms with van der Waals surface area (Å²) in [5.41, 5.74) is 5.83. The minimum Gasteiger partial charge on any atom is -0.363 e. The maximum Gasteiger partial charge on any atom is 0.270 e. The van der Waals surface area contributed by atoms with E-state index < -0.39 is 11.8 Å². The van der Waals surface area contributed by atoms with Gasteiger partial charge in [0.05, 0.1) is 11.2 Å². The van der Waals surface area contributed by atoms with Crippen molar-refractivity contribution in [3.8, 4) is 0 Å². The van der Waals surface area contributed by atoms with Crippen LogP contribution in [0.25, 0.3) is 11.6 Å². The molecule has 2 aliphatic heterocycles. The Hall–Kier alpha value is -2.77. The summed E-state index contributed by atoms with van der Waals surface area (Å²) in [6.07, 6.45) is 3.93. The van der Waals surface area contributed by atoms with E-state index in [0.717, 1.165) is 27.7 Å². The minimum atomic E-state index is -0.489. The summed E-state index contributed by atoms with van der Waals surface area (Å²) in [7, 11) is 0. The zero-order valence-electron chi connectivity index (χ0n) is 19.3. The molecule has 2 amide bonds. The van der Waals surface area contributed by atoms with Crippen LogP contribution in [0.2, 0.25) is 0 Å². The number of hydrogen-bond acceptors (Lipinski definition) is 4. The number of aryl methyl sites for hydroxylation is 1. The second kappa shape index (κ2) is 8.54. The third kappa shape index (κ3) is 4.15. The zero-order valence-corrected chi connectivity index (χ0v) is 21.7. The maximum absolute atomic E-state index is 13.4. The van der Waals surface area contributed by atoms with Crippen molar-refractivity contribution in [1.82, 2.24) is 5.32 Å². The molecule has 0 aliphatic carbocycles. The fourth-order valence-corrected chi connectivity index (χ4v) is 5.31. The Morgan fingerprint density at radius 2 is 1.88 bits per heavy atom. The van der Waals surface area contributed by atoms with Crippen molar-refractivity contribution >= 4 is 68.1 Å². The number of allylic oxidation sites excluding steroid dienone is 1. The SMILES string of the molecule is CCN1c2cc(C)c(/C=C3\C(=O)NC(=S)N(c4cccc(Br)c4)C3=O)cc2C(C)=CC1(C)C. The molecule has 0 bridgehead atoms. The van der Waals surface area contributed by atoms with E-state index in [-0.39, 0.29) is 16.2 Å². The molecule has 0 spiro atoms. The quantitative estimate of drug-likeness (QED) is 0.322. The number of hydrogen-bond donors (Lipinski definition) is 1. The van der Waals surface area contributed by atoms with Crippen LogP contribution in [0.5, 0.6) is 0 Å². The van der Waals surface area contributed by atoms with Gasteiger partial charge in [-0.25, -0.2) is 0 Å². The molecule has 170 valence electrons. The standard InChI is InChI=1S/C26H26BrN3O2S/c1-6-29-22-10-15(2)17(11-20(22)16(3)14-26(29,4)5)12-21-23(31)28-25(33)30(24(21)32)19-9-7-8-18(27)13-19/h7-14H,6H2,1-5H3,(H,28,31,33)/b21-12+. The average molecular weight is 524 g/mol. The van der Waals surface area contributed by atoms with Crippen LogP contribution in [-0.2, 0) is 9.59 Å². The lowest BCUT2D eigenvalue weighted by molar-refractivity contribution is -0.122. The first kappa shape index (κ1) is 23.4. The second-order valence-electron chi connectivity index (χ2n) is 8.89. The van der Waals surface area contributed by atoms with E-state index in [1.54, 1.807) is 18.2 Å². The van der Waals surface area contributed by atoms with Crippen LogP contribution >= 0.6 is 28.1 Å². The van der Waals surface area contributed by atoms with Gasteiger partial charge >= 0.3 is 0 Å².